The predicted molar refractivity (Wildman–Crippen MR) is 66.7 cm³/mol. The van der Waals surface area contributed by atoms with E-state index in [1.807, 2.05) is 11.3 Å². The van der Waals surface area contributed by atoms with Crippen LogP contribution < -0.4 is 0 Å². The molecule has 0 atom stereocenters. The number of rotatable bonds is 4. The van der Waals surface area contributed by atoms with Crippen molar-refractivity contribution in [1.82, 2.24) is 0 Å². The van der Waals surface area contributed by atoms with Crippen LogP contribution in [0.15, 0.2) is 23.6 Å². The molecule has 1 rings (SSSR count). The standard InChI is InChI=1S/C13H20S/c1-5-8-13(3,4)10-11(2)12-7-6-9-14-12/h6-7,9-10H,5,8H2,1-4H3/b11-10+. The predicted octanol–water partition coefficient (Wildman–Crippen LogP) is 4.98. The van der Waals surface area contributed by atoms with Gasteiger partial charge in [-0.05, 0) is 35.8 Å². The van der Waals surface area contributed by atoms with E-state index in [0.717, 1.165) is 0 Å². The molecule has 1 heteroatoms. The molecule has 0 radical (unpaired) electrons. The number of thiophene rings is 1. The van der Waals surface area contributed by atoms with Gasteiger partial charge in [0.1, 0.15) is 0 Å². The monoisotopic (exact) mass is 208 g/mol. The first-order valence-corrected chi connectivity index (χ1v) is 6.16. The van der Waals surface area contributed by atoms with Crippen LogP contribution in [0.1, 0.15) is 45.4 Å². The summed E-state index contributed by atoms with van der Waals surface area (Å²) in [6, 6.07) is 4.31. The van der Waals surface area contributed by atoms with E-state index in [4.69, 9.17) is 0 Å². The maximum Gasteiger partial charge on any atom is 0.0296 e. The molecule has 78 valence electrons. The molecule has 0 aliphatic rings. The van der Waals surface area contributed by atoms with Gasteiger partial charge < -0.3 is 0 Å². The summed E-state index contributed by atoms with van der Waals surface area (Å²) < 4.78 is 0. The van der Waals surface area contributed by atoms with Crippen LogP contribution in [0.25, 0.3) is 5.57 Å². The molecule has 1 aromatic heterocycles. The second-order valence-electron chi connectivity index (χ2n) is 4.54. The van der Waals surface area contributed by atoms with Crippen molar-refractivity contribution in [1.29, 1.82) is 0 Å². The van der Waals surface area contributed by atoms with Gasteiger partial charge in [0, 0.05) is 4.88 Å². The third kappa shape index (κ3) is 3.30. The average molecular weight is 208 g/mol. The largest absolute Gasteiger partial charge is 0.144 e. The Morgan fingerprint density at radius 3 is 2.71 bits per heavy atom. The zero-order valence-electron chi connectivity index (χ0n) is 9.63. The van der Waals surface area contributed by atoms with Crippen LogP contribution in [0.5, 0.6) is 0 Å². The summed E-state index contributed by atoms with van der Waals surface area (Å²) in [7, 11) is 0. The number of allylic oxidation sites excluding steroid dienone is 2. The Morgan fingerprint density at radius 2 is 2.21 bits per heavy atom. The molecule has 0 spiro atoms. The average Bonchev–Trinajstić information content (AvgIpc) is 2.53. The fourth-order valence-corrected chi connectivity index (χ4v) is 2.58. The van der Waals surface area contributed by atoms with Crippen LogP contribution in [0, 0.1) is 5.41 Å². The minimum atomic E-state index is 0.336. The molecule has 0 nitrogen and oxygen atoms in total. The van der Waals surface area contributed by atoms with E-state index in [1.54, 1.807) is 0 Å². The number of hydrogen-bond donors (Lipinski definition) is 0. The van der Waals surface area contributed by atoms with Gasteiger partial charge in [0.05, 0.1) is 0 Å². The summed E-state index contributed by atoms with van der Waals surface area (Å²) in [4.78, 5) is 1.40. The highest BCUT2D eigenvalue weighted by Crippen LogP contribution is 2.29. The van der Waals surface area contributed by atoms with Gasteiger partial charge in [0.25, 0.3) is 0 Å². The lowest BCUT2D eigenvalue weighted by atomic mass is 9.86. The van der Waals surface area contributed by atoms with Crippen LogP contribution in [0.3, 0.4) is 0 Å². The van der Waals surface area contributed by atoms with E-state index in [2.05, 4.69) is 51.3 Å². The fourth-order valence-electron chi connectivity index (χ4n) is 1.88. The second-order valence-corrected chi connectivity index (χ2v) is 5.49. The van der Waals surface area contributed by atoms with Crippen molar-refractivity contribution < 1.29 is 0 Å². The SMILES string of the molecule is CCCC(C)(C)/C=C(\C)c1cccs1. The lowest BCUT2D eigenvalue weighted by Gasteiger charge is -2.20. The first-order chi connectivity index (χ1) is 6.55. The van der Waals surface area contributed by atoms with Crippen LogP contribution in [-0.4, -0.2) is 0 Å². The molecular weight excluding hydrogens is 188 g/mol. The van der Waals surface area contributed by atoms with Gasteiger partial charge in [-0.15, -0.1) is 11.3 Å². The van der Waals surface area contributed by atoms with Crippen molar-refractivity contribution >= 4 is 16.9 Å². The minimum absolute atomic E-state index is 0.336. The summed E-state index contributed by atoms with van der Waals surface area (Å²) in [5.74, 6) is 0. The smallest absolute Gasteiger partial charge is 0.0296 e. The maximum atomic E-state index is 2.41. The summed E-state index contributed by atoms with van der Waals surface area (Å²) in [5.41, 5.74) is 1.75. The van der Waals surface area contributed by atoms with Crippen LogP contribution in [0.4, 0.5) is 0 Å². The van der Waals surface area contributed by atoms with Crippen molar-refractivity contribution in [3.8, 4) is 0 Å². The normalized spacial score (nSPS) is 13.3. The van der Waals surface area contributed by atoms with Gasteiger partial charge >= 0.3 is 0 Å². The lowest BCUT2D eigenvalue weighted by molar-refractivity contribution is 0.433. The molecule has 0 aliphatic heterocycles. The van der Waals surface area contributed by atoms with Crippen molar-refractivity contribution in [2.45, 2.75) is 40.5 Å². The Bertz CT molecular complexity index is 291. The molecule has 0 aromatic carbocycles. The first-order valence-electron chi connectivity index (χ1n) is 5.28. The van der Waals surface area contributed by atoms with Crippen molar-refractivity contribution in [3.05, 3.63) is 28.5 Å². The van der Waals surface area contributed by atoms with Gasteiger partial charge in [-0.25, -0.2) is 0 Å². The Labute approximate surface area is 91.7 Å². The zero-order chi connectivity index (χ0) is 10.6. The van der Waals surface area contributed by atoms with E-state index in [-0.39, 0.29) is 0 Å². The van der Waals surface area contributed by atoms with Gasteiger partial charge in [-0.3, -0.25) is 0 Å². The first kappa shape index (κ1) is 11.5. The minimum Gasteiger partial charge on any atom is -0.144 e. The third-order valence-electron chi connectivity index (χ3n) is 2.41. The van der Waals surface area contributed by atoms with E-state index in [9.17, 15) is 0 Å². The second kappa shape index (κ2) is 4.79. The van der Waals surface area contributed by atoms with E-state index >= 15 is 0 Å². The highest BCUT2D eigenvalue weighted by molar-refractivity contribution is 7.11. The van der Waals surface area contributed by atoms with Gasteiger partial charge in [0.15, 0.2) is 0 Å². The van der Waals surface area contributed by atoms with Crippen LogP contribution in [0.2, 0.25) is 0 Å². The number of hydrogen-bond acceptors (Lipinski definition) is 1. The Kier molecular flexibility index (Phi) is 3.94. The molecule has 0 unspecified atom stereocenters. The summed E-state index contributed by atoms with van der Waals surface area (Å²) in [6.07, 6.45) is 4.92. The van der Waals surface area contributed by atoms with Crippen molar-refractivity contribution in [3.63, 3.8) is 0 Å². The highest BCUT2D eigenvalue weighted by atomic mass is 32.1. The quantitative estimate of drug-likeness (QED) is 0.654. The van der Waals surface area contributed by atoms with E-state index in [1.165, 1.54) is 23.3 Å². The molecule has 0 N–H and O–H groups in total. The lowest BCUT2D eigenvalue weighted by Crippen LogP contribution is -2.06. The van der Waals surface area contributed by atoms with E-state index < -0.39 is 0 Å². The molecule has 0 saturated carbocycles. The molecule has 1 aromatic rings. The zero-order valence-corrected chi connectivity index (χ0v) is 10.4. The fraction of sp³-hybridized carbons (Fsp3) is 0.538. The molecule has 0 saturated heterocycles. The maximum absolute atomic E-state index is 2.41. The Balaban J connectivity index is 2.77. The topological polar surface area (TPSA) is 0 Å². The van der Waals surface area contributed by atoms with Gasteiger partial charge in [-0.1, -0.05) is 39.3 Å². The van der Waals surface area contributed by atoms with Crippen LogP contribution in [-0.2, 0) is 0 Å². The van der Waals surface area contributed by atoms with Crippen molar-refractivity contribution in [2.75, 3.05) is 0 Å². The highest BCUT2D eigenvalue weighted by Gasteiger charge is 2.13. The summed E-state index contributed by atoms with van der Waals surface area (Å²) in [6.45, 7) is 9.08. The third-order valence-corrected chi connectivity index (χ3v) is 3.42. The molecule has 0 fully saturated rings. The molecule has 1 heterocycles. The van der Waals surface area contributed by atoms with Gasteiger partial charge in [-0.2, -0.15) is 0 Å². The van der Waals surface area contributed by atoms with E-state index in [0.29, 0.717) is 5.41 Å². The van der Waals surface area contributed by atoms with Crippen molar-refractivity contribution in [2.24, 2.45) is 5.41 Å². The molecule has 14 heavy (non-hydrogen) atoms. The Hall–Kier alpha value is -0.560. The molecule has 0 aliphatic carbocycles. The molecular formula is C13H20S. The summed E-state index contributed by atoms with van der Waals surface area (Å²) >= 11 is 1.82. The van der Waals surface area contributed by atoms with Gasteiger partial charge in [0.2, 0.25) is 0 Å². The summed E-state index contributed by atoms with van der Waals surface area (Å²) in [5, 5.41) is 2.14. The Morgan fingerprint density at radius 1 is 1.50 bits per heavy atom. The van der Waals surface area contributed by atoms with Crippen LogP contribution >= 0.6 is 11.3 Å². The molecule has 0 bridgehead atoms. The molecule has 0 amide bonds.